The standard InChI is InChI=1S/C22H19F3N2O2/c23-22(24,25)18-7-8-20(27-9-11-29-12-10-27)19(14-18)26-21(28)17-6-5-15-3-1-2-4-16(15)13-17/h1-8,13-14H,9-12H2,(H,26,28). The van der Waals surface area contributed by atoms with Crippen LogP contribution in [0.5, 0.6) is 0 Å². The minimum absolute atomic E-state index is 0.139. The Hall–Kier alpha value is -3.06. The van der Waals surface area contributed by atoms with Gasteiger partial charge < -0.3 is 15.0 Å². The van der Waals surface area contributed by atoms with Gasteiger partial charge in [0.15, 0.2) is 0 Å². The highest BCUT2D eigenvalue weighted by molar-refractivity contribution is 6.08. The number of carbonyl (C=O) groups is 1. The molecule has 1 saturated heterocycles. The molecule has 1 amide bonds. The van der Waals surface area contributed by atoms with Gasteiger partial charge >= 0.3 is 6.18 Å². The van der Waals surface area contributed by atoms with E-state index in [2.05, 4.69) is 5.32 Å². The average molecular weight is 400 g/mol. The summed E-state index contributed by atoms with van der Waals surface area (Å²) in [7, 11) is 0. The Kier molecular flexibility index (Phi) is 5.15. The van der Waals surface area contributed by atoms with Gasteiger partial charge in [-0.3, -0.25) is 4.79 Å². The van der Waals surface area contributed by atoms with Crippen molar-refractivity contribution in [3.8, 4) is 0 Å². The molecule has 1 aliphatic heterocycles. The van der Waals surface area contributed by atoms with Crippen LogP contribution >= 0.6 is 0 Å². The molecule has 4 rings (SSSR count). The minimum atomic E-state index is -4.49. The van der Waals surface area contributed by atoms with Crippen LogP contribution < -0.4 is 10.2 Å². The highest BCUT2D eigenvalue weighted by atomic mass is 19.4. The number of nitrogens with one attached hydrogen (secondary N) is 1. The molecule has 0 spiro atoms. The predicted octanol–water partition coefficient (Wildman–Crippen LogP) is 4.95. The maximum Gasteiger partial charge on any atom is 0.416 e. The van der Waals surface area contributed by atoms with Gasteiger partial charge in [0.1, 0.15) is 0 Å². The van der Waals surface area contributed by atoms with Gasteiger partial charge in [-0.15, -0.1) is 0 Å². The van der Waals surface area contributed by atoms with Crippen molar-refractivity contribution in [1.29, 1.82) is 0 Å². The van der Waals surface area contributed by atoms with Gasteiger partial charge in [0, 0.05) is 18.7 Å². The van der Waals surface area contributed by atoms with Crippen molar-refractivity contribution >= 4 is 28.1 Å². The van der Waals surface area contributed by atoms with E-state index in [1.165, 1.54) is 6.07 Å². The average Bonchev–Trinajstić information content (AvgIpc) is 2.73. The van der Waals surface area contributed by atoms with E-state index >= 15 is 0 Å². The summed E-state index contributed by atoms with van der Waals surface area (Å²) < 4.78 is 45.0. The van der Waals surface area contributed by atoms with Crippen molar-refractivity contribution in [2.45, 2.75) is 6.18 Å². The quantitative estimate of drug-likeness (QED) is 0.677. The maximum atomic E-state index is 13.2. The van der Waals surface area contributed by atoms with E-state index in [0.29, 0.717) is 37.6 Å². The molecule has 29 heavy (non-hydrogen) atoms. The molecule has 3 aromatic rings. The zero-order valence-electron chi connectivity index (χ0n) is 15.5. The molecule has 0 aliphatic carbocycles. The number of halogens is 3. The second kappa shape index (κ2) is 7.75. The van der Waals surface area contributed by atoms with Crippen molar-refractivity contribution in [3.63, 3.8) is 0 Å². The number of amides is 1. The monoisotopic (exact) mass is 400 g/mol. The zero-order valence-corrected chi connectivity index (χ0v) is 15.5. The lowest BCUT2D eigenvalue weighted by molar-refractivity contribution is -0.137. The molecule has 0 aromatic heterocycles. The number of nitrogens with zero attached hydrogens (tertiary/aromatic N) is 1. The number of carbonyl (C=O) groups excluding carboxylic acids is 1. The summed E-state index contributed by atoms with van der Waals surface area (Å²) >= 11 is 0. The molecule has 1 heterocycles. The molecule has 0 saturated carbocycles. The molecule has 7 heteroatoms. The van der Waals surface area contributed by atoms with E-state index in [1.54, 1.807) is 12.1 Å². The van der Waals surface area contributed by atoms with Crippen LogP contribution in [0, 0.1) is 0 Å². The van der Waals surface area contributed by atoms with Crippen LogP contribution in [0.25, 0.3) is 10.8 Å². The molecule has 4 nitrogen and oxygen atoms in total. The first kappa shape index (κ1) is 19.3. The molecule has 0 atom stereocenters. The topological polar surface area (TPSA) is 41.6 Å². The zero-order chi connectivity index (χ0) is 20.4. The summed E-state index contributed by atoms with van der Waals surface area (Å²) in [5.74, 6) is -0.454. The van der Waals surface area contributed by atoms with E-state index in [1.807, 2.05) is 35.2 Å². The van der Waals surface area contributed by atoms with E-state index in [9.17, 15) is 18.0 Å². The second-order valence-electron chi connectivity index (χ2n) is 6.85. The molecule has 150 valence electrons. The Morgan fingerprint density at radius 3 is 2.38 bits per heavy atom. The Bertz CT molecular complexity index is 1040. The summed E-state index contributed by atoms with van der Waals surface area (Å²) in [6, 6.07) is 16.2. The molecular weight excluding hydrogens is 381 g/mol. The van der Waals surface area contributed by atoms with Crippen molar-refractivity contribution in [2.75, 3.05) is 36.5 Å². The summed E-state index contributed by atoms with van der Waals surface area (Å²) in [6.07, 6.45) is -4.49. The first-order valence-corrected chi connectivity index (χ1v) is 9.26. The van der Waals surface area contributed by atoms with Crippen molar-refractivity contribution in [2.24, 2.45) is 0 Å². The van der Waals surface area contributed by atoms with Crippen LogP contribution in [0.15, 0.2) is 60.7 Å². The molecule has 0 bridgehead atoms. The number of anilines is 2. The Labute approximate surface area is 165 Å². The Balaban J connectivity index is 1.68. The van der Waals surface area contributed by atoms with Gasteiger partial charge in [0.25, 0.3) is 5.91 Å². The van der Waals surface area contributed by atoms with Gasteiger partial charge in [0.2, 0.25) is 0 Å². The lowest BCUT2D eigenvalue weighted by Gasteiger charge is -2.31. The number of fused-ring (bicyclic) bond motifs is 1. The number of morpholine rings is 1. The SMILES string of the molecule is O=C(Nc1cc(C(F)(F)F)ccc1N1CCOCC1)c1ccc2ccccc2c1. The molecule has 1 N–H and O–H groups in total. The number of benzene rings is 3. The molecular formula is C22H19F3N2O2. The van der Waals surface area contributed by atoms with E-state index < -0.39 is 17.6 Å². The first-order chi connectivity index (χ1) is 13.9. The van der Waals surface area contributed by atoms with Gasteiger partial charge in [0.05, 0.1) is 30.2 Å². The van der Waals surface area contributed by atoms with Crippen molar-refractivity contribution < 1.29 is 22.7 Å². The van der Waals surface area contributed by atoms with Gasteiger partial charge in [-0.25, -0.2) is 0 Å². The largest absolute Gasteiger partial charge is 0.416 e. The summed E-state index contributed by atoms with van der Waals surface area (Å²) in [5.41, 5.74) is 0.271. The highest BCUT2D eigenvalue weighted by Crippen LogP contribution is 2.36. The maximum absolute atomic E-state index is 13.2. The second-order valence-corrected chi connectivity index (χ2v) is 6.85. The minimum Gasteiger partial charge on any atom is -0.378 e. The van der Waals surface area contributed by atoms with Crippen LogP contribution in [0.4, 0.5) is 24.5 Å². The van der Waals surface area contributed by atoms with Crippen LogP contribution in [-0.4, -0.2) is 32.2 Å². The third-order valence-corrected chi connectivity index (χ3v) is 4.94. The van der Waals surface area contributed by atoms with Crippen molar-refractivity contribution in [1.82, 2.24) is 0 Å². The van der Waals surface area contributed by atoms with Crippen LogP contribution in [-0.2, 0) is 10.9 Å². The van der Waals surface area contributed by atoms with Crippen molar-refractivity contribution in [3.05, 3.63) is 71.8 Å². The summed E-state index contributed by atoms with van der Waals surface area (Å²) in [5, 5.41) is 4.55. The smallest absolute Gasteiger partial charge is 0.378 e. The lowest BCUT2D eigenvalue weighted by Crippen LogP contribution is -2.36. The fourth-order valence-corrected chi connectivity index (χ4v) is 3.42. The van der Waals surface area contributed by atoms with E-state index in [0.717, 1.165) is 22.9 Å². The van der Waals surface area contributed by atoms with E-state index in [4.69, 9.17) is 4.74 Å². The highest BCUT2D eigenvalue weighted by Gasteiger charge is 2.32. The van der Waals surface area contributed by atoms with Crippen LogP contribution in [0.3, 0.4) is 0 Å². The number of rotatable bonds is 3. The lowest BCUT2D eigenvalue weighted by atomic mass is 10.1. The number of alkyl halides is 3. The predicted molar refractivity (Wildman–Crippen MR) is 106 cm³/mol. The first-order valence-electron chi connectivity index (χ1n) is 9.26. The van der Waals surface area contributed by atoms with Gasteiger partial charge in [-0.05, 0) is 41.1 Å². The van der Waals surface area contributed by atoms with Crippen LogP contribution in [0.2, 0.25) is 0 Å². The molecule has 1 aliphatic rings. The molecule has 0 unspecified atom stereocenters. The van der Waals surface area contributed by atoms with E-state index in [-0.39, 0.29) is 5.69 Å². The number of hydrogen-bond acceptors (Lipinski definition) is 3. The number of hydrogen-bond donors (Lipinski definition) is 1. The normalized spacial score (nSPS) is 14.8. The summed E-state index contributed by atoms with van der Waals surface area (Å²) in [6.45, 7) is 2.06. The number of ether oxygens (including phenoxy) is 1. The fourth-order valence-electron chi connectivity index (χ4n) is 3.42. The summed E-state index contributed by atoms with van der Waals surface area (Å²) in [4.78, 5) is 14.7. The molecule has 3 aromatic carbocycles. The third-order valence-electron chi connectivity index (χ3n) is 4.94. The third kappa shape index (κ3) is 4.19. The van der Waals surface area contributed by atoms with Gasteiger partial charge in [-0.1, -0.05) is 30.3 Å². The Morgan fingerprint density at radius 2 is 1.66 bits per heavy atom. The molecule has 1 fully saturated rings. The van der Waals surface area contributed by atoms with Gasteiger partial charge in [-0.2, -0.15) is 13.2 Å². The molecule has 0 radical (unpaired) electrons. The fraction of sp³-hybridized carbons (Fsp3) is 0.227. The Morgan fingerprint density at radius 1 is 0.931 bits per heavy atom. The van der Waals surface area contributed by atoms with Crippen LogP contribution in [0.1, 0.15) is 15.9 Å².